The fourth-order valence-electron chi connectivity index (χ4n) is 1.91. The summed E-state index contributed by atoms with van der Waals surface area (Å²) >= 11 is 1.66. The van der Waals surface area contributed by atoms with Gasteiger partial charge in [0.25, 0.3) is 0 Å². The summed E-state index contributed by atoms with van der Waals surface area (Å²) in [6.45, 7) is 0. The molecule has 1 aromatic carbocycles. The van der Waals surface area contributed by atoms with E-state index in [1.807, 2.05) is 30.3 Å². The molecule has 1 unspecified atom stereocenters. The molecule has 1 aliphatic heterocycles. The van der Waals surface area contributed by atoms with Gasteiger partial charge in [0.15, 0.2) is 0 Å². The van der Waals surface area contributed by atoms with Crippen molar-refractivity contribution < 1.29 is 14.3 Å². The van der Waals surface area contributed by atoms with E-state index in [1.54, 1.807) is 11.8 Å². The predicted octanol–water partition coefficient (Wildman–Crippen LogP) is 2.03. The van der Waals surface area contributed by atoms with Crippen LogP contribution in [-0.2, 0) is 16.0 Å². The molecule has 2 rings (SSSR count). The first-order chi connectivity index (χ1) is 9.19. The van der Waals surface area contributed by atoms with Crippen LogP contribution >= 0.6 is 11.8 Å². The Hall–Kier alpha value is -1.49. The number of thioether (sulfide) groups is 1. The number of alkyl carbamates (subject to hydrolysis) is 1. The van der Waals surface area contributed by atoms with Crippen LogP contribution < -0.4 is 5.32 Å². The van der Waals surface area contributed by atoms with Gasteiger partial charge in [0, 0.05) is 18.2 Å². The number of hydrogen-bond donors (Lipinski definition) is 1. The second-order valence-electron chi connectivity index (χ2n) is 4.51. The molecule has 1 aromatic rings. The van der Waals surface area contributed by atoms with Crippen LogP contribution in [0.3, 0.4) is 0 Å². The van der Waals surface area contributed by atoms with E-state index in [1.165, 1.54) is 7.11 Å². The number of ketones is 1. The molecule has 102 valence electrons. The number of methoxy groups -OCH3 is 1. The Kier molecular flexibility index (Phi) is 4.85. The van der Waals surface area contributed by atoms with E-state index in [-0.39, 0.29) is 17.1 Å². The van der Waals surface area contributed by atoms with Crippen LogP contribution in [0.2, 0.25) is 0 Å². The normalized spacial score (nSPS) is 18.5. The van der Waals surface area contributed by atoms with Crippen molar-refractivity contribution in [1.29, 1.82) is 0 Å². The molecule has 4 nitrogen and oxygen atoms in total. The molecule has 0 aliphatic carbocycles. The highest BCUT2D eigenvalue weighted by Gasteiger charge is 2.32. The highest BCUT2D eigenvalue weighted by atomic mass is 32.2. The molecule has 2 atom stereocenters. The summed E-state index contributed by atoms with van der Waals surface area (Å²) in [5.41, 5.74) is 1.10. The lowest BCUT2D eigenvalue weighted by atomic mass is 10.0. The van der Waals surface area contributed by atoms with Crippen LogP contribution in [0, 0.1) is 0 Å². The van der Waals surface area contributed by atoms with Crippen LogP contribution in [0.5, 0.6) is 0 Å². The molecule has 1 fully saturated rings. The molecule has 1 N–H and O–H groups in total. The zero-order valence-corrected chi connectivity index (χ0v) is 11.6. The number of Topliss-reactive ketones (excluding diaryl/α,β-unsaturated/α-hetero) is 1. The Balaban J connectivity index is 1.96. The smallest absolute Gasteiger partial charge is 0.407 e. The Bertz CT molecular complexity index is 445. The van der Waals surface area contributed by atoms with Crippen molar-refractivity contribution in [3.8, 4) is 0 Å². The monoisotopic (exact) mass is 279 g/mol. The lowest BCUT2D eigenvalue weighted by Crippen LogP contribution is -2.38. The minimum Gasteiger partial charge on any atom is -0.453 e. The van der Waals surface area contributed by atoms with E-state index in [9.17, 15) is 9.59 Å². The zero-order chi connectivity index (χ0) is 13.7. The van der Waals surface area contributed by atoms with Gasteiger partial charge in [-0.3, -0.25) is 4.79 Å². The fraction of sp³-hybridized carbons (Fsp3) is 0.429. The first-order valence-corrected chi connectivity index (χ1v) is 7.26. The molecule has 1 heterocycles. The molecule has 1 saturated heterocycles. The first kappa shape index (κ1) is 13.9. The van der Waals surface area contributed by atoms with Gasteiger partial charge in [-0.1, -0.05) is 30.3 Å². The van der Waals surface area contributed by atoms with Crippen molar-refractivity contribution in [3.05, 3.63) is 35.9 Å². The third-order valence-corrected chi connectivity index (χ3v) is 3.90. The Morgan fingerprint density at radius 1 is 1.42 bits per heavy atom. The molecule has 0 radical (unpaired) electrons. The van der Waals surface area contributed by atoms with Crippen molar-refractivity contribution in [2.24, 2.45) is 0 Å². The van der Waals surface area contributed by atoms with Gasteiger partial charge in [-0.15, -0.1) is 11.8 Å². The van der Waals surface area contributed by atoms with Crippen LogP contribution in [0.1, 0.15) is 12.0 Å². The van der Waals surface area contributed by atoms with Crippen LogP contribution in [0.25, 0.3) is 0 Å². The Morgan fingerprint density at radius 3 is 2.68 bits per heavy atom. The van der Waals surface area contributed by atoms with Crippen molar-refractivity contribution in [3.63, 3.8) is 0 Å². The molecule has 0 bridgehead atoms. The van der Waals surface area contributed by atoms with Crippen LogP contribution in [0.4, 0.5) is 4.79 Å². The predicted molar refractivity (Wildman–Crippen MR) is 75.3 cm³/mol. The lowest BCUT2D eigenvalue weighted by Gasteiger charge is -2.17. The number of hydrogen-bond acceptors (Lipinski definition) is 4. The van der Waals surface area contributed by atoms with Gasteiger partial charge in [0.05, 0.1) is 12.4 Å². The van der Waals surface area contributed by atoms with Gasteiger partial charge in [-0.05, 0) is 12.0 Å². The van der Waals surface area contributed by atoms with Gasteiger partial charge in [-0.2, -0.15) is 0 Å². The number of carbonyl (C=O) groups excluding carboxylic acids is 2. The standard InChI is InChI=1S/C14H17NO3S/c1-18-14(17)15-11(8-12(16)13-9-19-13)7-10-5-3-2-4-6-10/h2-6,11,13H,7-9H2,1H3,(H,15,17)/t11-,13?/m1/s1. The summed E-state index contributed by atoms with van der Waals surface area (Å²) in [5, 5.41) is 2.87. The molecule has 0 spiro atoms. The number of nitrogens with one attached hydrogen (secondary N) is 1. The number of benzene rings is 1. The lowest BCUT2D eigenvalue weighted by molar-refractivity contribution is -0.118. The van der Waals surface area contributed by atoms with Gasteiger partial charge in [0.2, 0.25) is 0 Å². The van der Waals surface area contributed by atoms with Crippen LogP contribution in [-0.4, -0.2) is 36.0 Å². The van der Waals surface area contributed by atoms with E-state index in [0.29, 0.717) is 12.8 Å². The van der Waals surface area contributed by atoms with E-state index in [4.69, 9.17) is 0 Å². The average molecular weight is 279 g/mol. The van der Waals surface area contributed by atoms with Crippen molar-refractivity contribution in [2.45, 2.75) is 24.1 Å². The summed E-state index contributed by atoms with van der Waals surface area (Å²) in [6, 6.07) is 9.61. The highest BCUT2D eigenvalue weighted by molar-refractivity contribution is 8.07. The summed E-state index contributed by atoms with van der Waals surface area (Å²) < 4.78 is 4.61. The fourth-order valence-corrected chi connectivity index (χ4v) is 2.47. The molecule has 0 aromatic heterocycles. The molecule has 1 amide bonds. The number of rotatable bonds is 6. The first-order valence-electron chi connectivity index (χ1n) is 6.21. The van der Waals surface area contributed by atoms with Crippen LogP contribution in [0.15, 0.2) is 30.3 Å². The molecule has 1 aliphatic rings. The maximum atomic E-state index is 11.9. The second kappa shape index (κ2) is 6.61. The average Bonchev–Trinajstić information content (AvgIpc) is 3.24. The quantitative estimate of drug-likeness (QED) is 0.810. The van der Waals surface area contributed by atoms with Gasteiger partial charge < -0.3 is 10.1 Å². The minimum atomic E-state index is -0.489. The van der Waals surface area contributed by atoms with Gasteiger partial charge >= 0.3 is 6.09 Å². The molecular weight excluding hydrogens is 262 g/mol. The maximum Gasteiger partial charge on any atom is 0.407 e. The zero-order valence-electron chi connectivity index (χ0n) is 10.8. The molecular formula is C14H17NO3S. The third-order valence-electron chi connectivity index (χ3n) is 2.97. The topological polar surface area (TPSA) is 55.4 Å². The van der Waals surface area contributed by atoms with Gasteiger partial charge in [0.1, 0.15) is 5.78 Å². The van der Waals surface area contributed by atoms with Crippen molar-refractivity contribution in [1.82, 2.24) is 5.32 Å². The summed E-state index contributed by atoms with van der Waals surface area (Å²) in [5.74, 6) is 1.12. The molecule has 5 heteroatoms. The summed E-state index contributed by atoms with van der Waals surface area (Å²) in [7, 11) is 1.33. The molecule has 0 saturated carbocycles. The third kappa shape index (κ3) is 4.59. The minimum absolute atomic E-state index is 0.137. The highest BCUT2D eigenvalue weighted by Crippen LogP contribution is 2.32. The number of ether oxygens (including phenoxy) is 1. The SMILES string of the molecule is COC(=O)N[C@@H](CC(=O)C1CS1)Cc1ccccc1. The Labute approximate surface area is 116 Å². The number of carbonyl (C=O) groups is 2. The van der Waals surface area contributed by atoms with E-state index < -0.39 is 6.09 Å². The van der Waals surface area contributed by atoms with E-state index >= 15 is 0 Å². The van der Waals surface area contributed by atoms with Crippen molar-refractivity contribution >= 4 is 23.6 Å². The van der Waals surface area contributed by atoms with Gasteiger partial charge in [-0.25, -0.2) is 4.79 Å². The number of amides is 1. The summed E-state index contributed by atoms with van der Waals surface area (Å²) in [4.78, 5) is 23.2. The molecule has 19 heavy (non-hydrogen) atoms. The second-order valence-corrected chi connectivity index (χ2v) is 5.75. The largest absolute Gasteiger partial charge is 0.453 e. The van der Waals surface area contributed by atoms with Crippen molar-refractivity contribution in [2.75, 3.05) is 12.9 Å². The van der Waals surface area contributed by atoms with E-state index in [2.05, 4.69) is 10.1 Å². The van der Waals surface area contributed by atoms with E-state index in [0.717, 1.165) is 11.3 Å². The summed E-state index contributed by atoms with van der Waals surface area (Å²) in [6.07, 6.45) is 0.512. The Morgan fingerprint density at radius 2 is 2.11 bits per heavy atom. The maximum absolute atomic E-state index is 11.9.